The van der Waals surface area contributed by atoms with Gasteiger partial charge in [-0.25, -0.2) is 9.97 Å². The highest BCUT2D eigenvalue weighted by atomic mass is 16.5. The highest BCUT2D eigenvalue weighted by Crippen LogP contribution is 2.23. The summed E-state index contributed by atoms with van der Waals surface area (Å²) in [7, 11) is 0. The van der Waals surface area contributed by atoms with Crippen molar-refractivity contribution in [3.63, 3.8) is 0 Å². The minimum absolute atomic E-state index is 0.217. The molecule has 0 aliphatic carbocycles. The summed E-state index contributed by atoms with van der Waals surface area (Å²) in [6, 6.07) is 8.21. The lowest BCUT2D eigenvalue weighted by Crippen LogP contribution is -2.47. The Labute approximate surface area is 131 Å². The molecular formula is C17H22N4O. The predicted octanol–water partition coefficient (Wildman–Crippen LogP) is 2.71. The Morgan fingerprint density at radius 2 is 2.14 bits per heavy atom. The highest BCUT2D eigenvalue weighted by Gasteiger charge is 2.25. The van der Waals surface area contributed by atoms with Crippen LogP contribution in [0, 0.1) is 0 Å². The summed E-state index contributed by atoms with van der Waals surface area (Å²) in [5, 5.41) is 0. The number of morpholine rings is 1. The van der Waals surface area contributed by atoms with E-state index in [1.54, 1.807) is 6.20 Å². The van der Waals surface area contributed by atoms with E-state index in [-0.39, 0.29) is 6.10 Å². The van der Waals surface area contributed by atoms with Gasteiger partial charge in [0.1, 0.15) is 11.5 Å². The number of hydrogen-bond donors (Lipinski definition) is 0. The molecule has 0 amide bonds. The van der Waals surface area contributed by atoms with Gasteiger partial charge in [0.25, 0.3) is 0 Å². The molecule has 1 aliphatic heterocycles. The second-order valence-electron chi connectivity index (χ2n) is 5.75. The molecule has 1 aliphatic rings. The number of anilines is 1. The van der Waals surface area contributed by atoms with Crippen molar-refractivity contribution in [2.45, 2.75) is 39.3 Å². The number of ether oxygens (including phenoxy) is 1. The zero-order valence-electron chi connectivity index (χ0n) is 13.4. The van der Waals surface area contributed by atoms with Crippen molar-refractivity contribution >= 4 is 5.82 Å². The molecule has 1 fully saturated rings. The van der Waals surface area contributed by atoms with Gasteiger partial charge in [0.2, 0.25) is 0 Å². The van der Waals surface area contributed by atoms with Gasteiger partial charge in [-0.15, -0.1) is 0 Å². The molecule has 3 heterocycles. The number of pyridine rings is 1. The van der Waals surface area contributed by atoms with E-state index in [2.05, 4.69) is 41.7 Å². The van der Waals surface area contributed by atoms with Crippen LogP contribution < -0.4 is 4.90 Å². The average molecular weight is 298 g/mol. The molecule has 0 radical (unpaired) electrons. The SMILES string of the molecule is CCc1cc(N2C[C@@H](C)OC[C@@H]2C)nc(-c2ccccn2)n1. The van der Waals surface area contributed by atoms with Crippen LogP contribution in [0.15, 0.2) is 30.5 Å². The predicted molar refractivity (Wildman–Crippen MR) is 86.9 cm³/mol. The van der Waals surface area contributed by atoms with Crippen molar-refractivity contribution in [3.05, 3.63) is 36.2 Å². The molecule has 0 spiro atoms. The molecule has 0 unspecified atom stereocenters. The number of hydrogen-bond acceptors (Lipinski definition) is 5. The normalized spacial score (nSPS) is 21.9. The summed E-state index contributed by atoms with van der Waals surface area (Å²) < 4.78 is 5.72. The zero-order chi connectivity index (χ0) is 15.5. The molecule has 2 atom stereocenters. The topological polar surface area (TPSA) is 51.1 Å². The van der Waals surface area contributed by atoms with Gasteiger partial charge in [0.15, 0.2) is 5.82 Å². The quantitative estimate of drug-likeness (QED) is 0.872. The second kappa shape index (κ2) is 6.40. The Kier molecular flexibility index (Phi) is 4.34. The van der Waals surface area contributed by atoms with E-state index < -0.39 is 0 Å². The fourth-order valence-electron chi connectivity index (χ4n) is 2.64. The van der Waals surface area contributed by atoms with E-state index >= 15 is 0 Å². The molecule has 0 saturated carbocycles. The first-order chi connectivity index (χ1) is 10.7. The third-order valence-corrected chi connectivity index (χ3v) is 3.92. The lowest BCUT2D eigenvalue weighted by Gasteiger charge is -2.37. The summed E-state index contributed by atoms with van der Waals surface area (Å²) in [5.74, 6) is 1.66. The molecule has 1 saturated heterocycles. The number of aryl methyl sites for hydroxylation is 1. The number of aromatic nitrogens is 3. The van der Waals surface area contributed by atoms with Gasteiger partial charge in [-0.2, -0.15) is 0 Å². The Morgan fingerprint density at radius 1 is 1.27 bits per heavy atom. The summed E-state index contributed by atoms with van der Waals surface area (Å²) in [6.07, 6.45) is 2.87. The Hall–Kier alpha value is -2.01. The fraction of sp³-hybridized carbons (Fsp3) is 0.471. The van der Waals surface area contributed by atoms with E-state index in [9.17, 15) is 0 Å². The highest BCUT2D eigenvalue weighted by molar-refractivity contribution is 5.54. The third-order valence-electron chi connectivity index (χ3n) is 3.92. The van der Waals surface area contributed by atoms with Crippen molar-refractivity contribution < 1.29 is 4.74 Å². The van der Waals surface area contributed by atoms with Crippen LogP contribution in [0.1, 0.15) is 26.5 Å². The van der Waals surface area contributed by atoms with Gasteiger partial charge < -0.3 is 9.64 Å². The molecule has 0 bridgehead atoms. The molecular weight excluding hydrogens is 276 g/mol. The minimum Gasteiger partial charge on any atom is -0.375 e. The molecule has 2 aromatic rings. The van der Waals surface area contributed by atoms with Gasteiger partial charge in [-0.05, 0) is 32.4 Å². The summed E-state index contributed by atoms with van der Waals surface area (Å²) in [6.45, 7) is 7.95. The molecule has 5 nitrogen and oxygen atoms in total. The number of nitrogens with zero attached hydrogens (tertiary/aromatic N) is 4. The van der Waals surface area contributed by atoms with Crippen molar-refractivity contribution in [2.24, 2.45) is 0 Å². The maximum absolute atomic E-state index is 5.72. The molecule has 0 N–H and O–H groups in total. The van der Waals surface area contributed by atoms with Gasteiger partial charge in [0.05, 0.1) is 18.8 Å². The number of rotatable bonds is 3. The van der Waals surface area contributed by atoms with Gasteiger partial charge in [0, 0.05) is 24.5 Å². The summed E-state index contributed by atoms with van der Waals surface area (Å²) >= 11 is 0. The largest absolute Gasteiger partial charge is 0.375 e. The smallest absolute Gasteiger partial charge is 0.180 e. The average Bonchev–Trinajstić information content (AvgIpc) is 2.57. The van der Waals surface area contributed by atoms with Crippen LogP contribution in [-0.4, -0.2) is 40.2 Å². The molecule has 2 aromatic heterocycles. The van der Waals surface area contributed by atoms with E-state index in [0.29, 0.717) is 11.9 Å². The van der Waals surface area contributed by atoms with Crippen LogP contribution in [0.3, 0.4) is 0 Å². The monoisotopic (exact) mass is 298 g/mol. The van der Waals surface area contributed by atoms with Gasteiger partial charge >= 0.3 is 0 Å². The van der Waals surface area contributed by atoms with Crippen LogP contribution in [0.5, 0.6) is 0 Å². The zero-order valence-corrected chi connectivity index (χ0v) is 13.4. The van der Waals surface area contributed by atoms with Gasteiger partial charge in [-0.1, -0.05) is 13.0 Å². The summed E-state index contributed by atoms with van der Waals surface area (Å²) in [5.41, 5.74) is 1.85. The molecule has 0 aromatic carbocycles. The van der Waals surface area contributed by atoms with Crippen LogP contribution in [0.2, 0.25) is 0 Å². The van der Waals surface area contributed by atoms with E-state index in [1.807, 2.05) is 18.2 Å². The fourth-order valence-corrected chi connectivity index (χ4v) is 2.64. The maximum atomic E-state index is 5.72. The van der Waals surface area contributed by atoms with Crippen LogP contribution in [0.4, 0.5) is 5.82 Å². The van der Waals surface area contributed by atoms with Crippen molar-refractivity contribution in [1.29, 1.82) is 0 Å². The van der Waals surface area contributed by atoms with E-state index in [0.717, 1.165) is 36.8 Å². The first-order valence-corrected chi connectivity index (χ1v) is 7.85. The van der Waals surface area contributed by atoms with Crippen LogP contribution in [0.25, 0.3) is 11.5 Å². The lowest BCUT2D eigenvalue weighted by atomic mass is 10.2. The van der Waals surface area contributed by atoms with Crippen molar-refractivity contribution in [2.75, 3.05) is 18.1 Å². The second-order valence-corrected chi connectivity index (χ2v) is 5.75. The minimum atomic E-state index is 0.217. The first kappa shape index (κ1) is 14.9. The molecule has 5 heteroatoms. The first-order valence-electron chi connectivity index (χ1n) is 7.85. The maximum Gasteiger partial charge on any atom is 0.180 e. The van der Waals surface area contributed by atoms with E-state index in [1.165, 1.54) is 0 Å². The lowest BCUT2D eigenvalue weighted by molar-refractivity contribution is 0.0340. The Balaban J connectivity index is 2.00. The molecule has 116 valence electrons. The Morgan fingerprint density at radius 3 is 2.86 bits per heavy atom. The van der Waals surface area contributed by atoms with Crippen molar-refractivity contribution in [1.82, 2.24) is 15.0 Å². The van der Waals surface area contributed by atoms with Crippen LogP contribution in [-0.2, 0) is 11.2 Å². The van der Waals surface area contributed by atoms with Crippen molar-refractivity contribution in [3.8, 4) is 11.5 Å². The summed E-state index contributed by atoms with van der Waals surface area (Å²) in [4.78, 5) is 16.1. The van der Waals surface area contributed by atoms with Gasteiger partial charge in [-0.3, -0.25) is 4.98 Å². The third kappa shape index (κ3) is 3.09. The molecule has 22 heavy (non-hydrogen) atoms. The molecule has 3 rings (SSSR count). The Bertz CT molecular complexity index is 632. The van der Waals surface area contributed by atoms with E-state index in [4.69, 9.17) is 9.72 Å². The standard InChI is InChI=1S/C17H22N4O/c1-4-14-9-16(21-10-13(3)22-11-12(21)2)20-17(19-14)15-7-5-6-8-18-15/h5-9,12-13H,4,10-11H2,1-3H3/t12-,13+/m0/s1. The van der Waals surface area contributed by atoms with Crippen LogP contribution >= 0.6 is 0 Å².